The van der Waals surface area contributed by atoms with Gasteiger partial charge in [-0.2, -0.15) is 0 Å². The second-order valence-corrected chi connectivity index (χ2v) is 3.71. The summed E-state index contributed by atoms with van der Waals surface area (Å²) in [6, 6.07) is 0. The van der Waals surface area contributed by atoms with Gasteiger partial charge in [0, 0.05) is 6.42 Å². The Bertz CT molecular complexity index is 169. The lowest BCUT2D eigenvalue weighted by molar-refractivity contribution is -0.131. The van der Waals surface area contributed by atoms with Crippen molar-refractivity contribution in [2.45, 2.75) is 39.2 Å². The fourth-order valence-corrected chi connectivity index (χ4v) is 0.787. The second kappa shape index (κ2) is 4.41. The largest absolute Gasteiger partial charge is 0.378 e. The Morgan fingerprint density at radius 3 is 2.50 bits per heavy atom. The van der Waals surface area contributed by atoms with Gasteiger partial charge in [0.05, 0.1) is 0 Å². The van der Waals surface area contributed by atoms with Gasteiger partial charge in [-0.05, 0) is 19.3 Å². The molecular formula is C10H18O2. The highest BCUT2D eigenvalue weighted by molar-refractivity contribution is 5.88. The van der Waals surface area contributed by atoms with Gasteiger partial charge < -0.3 is 5.11 Å². The van der Waals surface area contributed by atoms with Crippen LogP contribution in [-0.2, 0) is 4.79 Å². The number of carbonyl (C=O) groups excluding carboxylic acids is 1. The molecular weight excluding hydrogens is 152 g/mol. The van der Waals surface area contributed by atoms with Crippen molar-refractivity contribution in [1.82, 2.24) is 0 Å². The maximum Gasteiger partial charge on any atom is 0.167 e. The molecule has 1 unspecified atom stereocenters. The summed E-state index contributed by atoms with van der Waals surface area (Å²) in [6.45, 7) is 8.99. The lowest BCUT2D eigenvalue weighted by Crippen LogP contribution is -2.32. The van der Waals surface area contributed by atoms with Gasteiger partial charge in [-0.1, -0.05) is 26.5 Å². The molecule has 0 heterocycles. The third-order valence-electron chi connectivity index (χ3n) is 1.91. The number of rotatable bonds is 5. The van der Waals surface area contributed by atoms with E-state index in [1.807, 2.05) is 0 Å². The Morgan fingerprint density at radius 1 is 1.67 bits per heavy atom. The van der Waals surface area contributed by atoms with Crippen molar-refractivity contribution in [3.05, 3.63) is 12.7 Å². The van der Waals surface area contributed by atoms with E-state index >= 15 is 0 Å². The molecule has 0 spiro atoms. The minimum absolute atomic E-state index is 0.147. The molecule has 0 radical (unpaired) electrons. The van der Waals surface area contributed by atoms with Crippen molar-refractivity contribution in [2.75, 3.05) is 0 Å². The number of ketones is 1. The molecule has 0 aromatic carbocycles. The summed E-state index contributed by atoms with van der Waals surface area (Å²) in [5.41, 5.74) is -1.34. The smallest absolute Gasteiger partial charge is 0.167 e. The van der Waals surface area contributed by atoms with Crippen LogP contribution in [0.2, 0.25) is 0 Å². The Balaban J connectivity index is 3.96. The molecule has 0 saturated heterocycles. The third kappa shape index (κ3) is 3.67. The second-order valence-electron chi connectivity index (χ2n) is 3.71. The first-order chi connectivity index (χ1) is 5.40. The van der Waals surface area contributed by atoms with Crippen LogP contribution >= 0.6 is 0 Å². The quantitative estimate of drug-likeness (QED) is 0.640. The van der Waals surface area contributed by atoms with Crippen LogP contribution in [0.4, 0.5) is 0 Å². The van der Waals surface area contributed by atoms with Gasteiger partial charge in [-0.3, -0.25) is 4.79 Å². The van der Waals surface area contributed by atoms with E-state index in [0.717, 1.165) is 6.42 Å². The van der Waals surface area contributed by atoms with Gasteiger partial charge in [0.1, 0.15) is 5.60 Å². The molecule has 12 heavy (non-hydrogen) atoms. The molecule has 0 aromatic rings. The first-order valence-electron chi connectivity index (χ1n) is 4.29. The number of aliphatic hydroxyl groups is 1. The predicted octanol–water partition coefficient (Wildman–Crippen LogP) is 1.93. The van der Waals surface area contributed by atoms with Gasteiger partial charge in [-0.15, -0.1) is 0 Å². The van der Waals surface area contributed by atoms with Crippen molar-refractivity contribution < 1.29 is 9.90 Å². The molecule has 70 valence electrons. The number of carbonyl (C=O) groups is 1. The molecule has 0 saturated carbocycles. The lowest BCUT2D eigenvalue weighted by Gasteiger charge is -2.16. The standard InChI is InChI=1S/C10H18O2/c1-5-10(4,12)9(11)7-6-8(2)3/h5,8,12H,1,6-7H2,2-4H3. The summed E-state index contributed by atoms with van der Waals surface area (Å²) >= 11 is 0. The third-order valence-corrected chi connectivity index (χ3v) is 1.91. The average molecular weight is 170 g/mol. The number of hydrogen-bond acceptors (Lipinski definition) is 2. The van der Waals surface area contributed by atoms with Gasteiger partial charge in [0.2, 0.25) is 0 Å². The van der Waals surface area contributed by atoms with Gasteiger partial charge in [-0.25, -0.2) is 0 Å². The molecule has 0 rings (SSSR count). The summed E-state index contributed by atoms with van der Waals surface area (Å²) in [7, 11) is 0. The molecule has 0 aliphatic heterocycles. The maximum absolute atomic E-state index is 11.3. The van der Waals surface area contributed by atoms with Crippen LogP contribution in [-0.4, -0.2) is 16.5 Å². The van der Waals surface area contributed by atoms with E-state index in [1.165, 1.54) is 13.0 Å². The number of hydrogen-bond donors (Lipinski definition) is 1. The highest BCUT2D eigenvalue weighted by atomic mass is 16.3. The van der Waals surface area contributed by atoms with Crippen LogP contribution in [0, 0.1) is 5.92 Å². The van der Waals surface area contributed by atoms with E-state index in [9.17, 15) is 9.90 Å². The van der Waals surface area contributed by atoms with Gasteiger partial charge >= 0.3 is 0 Å². The van der Waals surface area contributed by atoms with Crippen LogP contribution < -0.4 is 0 Å². The van der Waals surface area contributed by atoms with Crippen LogP contribution in [0.3, 0.4) is 0 Å². The molecule has 0 aliphatic carbocycles. The minimum atomic E-state index is -1.34. The topological polar surface area (TPSA) is 37.3 Å². The molecule has 0 aliphatic rings. The van der Waals surface area contributed by atoms with Crippen LogP contribution in [0.25, 0.3) is 0 Å². The fourth-order valence-electron chi connectivity index (χ4n) is 0.787. The molecule has 0 amide bonds. The summed E-state index contributed by atoms with van der Waals surface area (Å²) in [5, 5.41) is 9.44. The van der Waals surface area contributed by atoms with Crippen LogP contribution in [0.1, 0.15) is 33.6 Å². The van der Waals surface area contributed by atoms with Crippen LogP contribution in [0.15, 0.2) is 12.7 Å². The van der Waals surface area contributed by atoms with Gasteiger partial charge in [0.15, 0.2) is 5.78 Å². The summed E-state index contributed by atoms with van der Waals surface area (Å²) < 4.78 is 0. The molecule has 2 heteroatoms. The number of Topliss-reactive ketones (excluding diaryl/α,β-unsaturated/α-hetero) is 1. The Kier molecular flexibility index (Phi) is 4.18. The van der Waals surface area contributed by atoms with E-state index in [0.29, 0.717) is 12.3 Å². The zero-order valence-corrected chi connectivity index (χ0v) is 8.13. The summed E-state index contributed by atoms with van der Waals surface area (Å²) in [4.78, 5) is 11.3. The fraction of sp³-hybridized carbons (Fsp3) is 0.700. The van der Waals surface area contributed by atoms with Crippen LogP contribution in [0.5, 0.6) is 0 Å². The first kappa shape index (κ1) is 11.4. The van der Waals surface area contributed by atoms with Gasteiger partial charge in [0.25, 0.3) is 0 Å². The van der Waals surface area contributed by atoms with E-state index in [2.05, 4.69) is 20.4 Å². The average Bonchev–Trinajstić information content (AvgIpc) is 2.00. The van der Waals surface area contributed by atoms with E-state index in [4.69, 9.17) is 0 Å². The first-order valence-corrected chi connectivity index (χ1v) is 4.29. The SMILES string of the molecule is C=CC(C)(O)C(=O)CCC(C)C. The molecule has 0 bridgehead atoms. The predicted molar refractivity (Wildman–Crippen MR) is 49.9 cm³/mol. The van der Waals surface area contributed by atoms with Crippen molar-refractivity contribution in [1.29, 1.82) is 0 Å². The molecule has 1 N–H and O–H groups in total. The molecule has 1 atom stereocenters. The molecule has 0 aromatic heterocycles. The van der Waals surface area contributed by atoms with Crippen molar-refractivity contribution in [3.63, 3.8) is 0 Å². The Hall–Kier alpha value is -0.630. The Labute approximate surface area is 74.3 Å². The zero-order chi connectivity index (χ0) is 9.78. The van der Waals surface area contributed by atoms with Crippen molar-refractivity contribution in [3.8, 4) is 0 Å². The summed E-state index contributed by atoms with van der Waals surface area (Å²) in [6.07, 6.45) is 2.54. The molecule has 0 fully saturated rings. The Morgan fingerprint density at radius 2 is 2.17 bits per heavy atom. The van der Waals surface area contributed by atoms with Crippen molar-refractivity contribution in [2.24, 2.45) is 5.92 Å². The lowest BCUT2D eigenvalue weighted by atomic mass is 9.95. The molecule has 2 nitrogen and oxygen atoms in total. The maximum atomic E-state index is 11.3. The normalized spacial score (nSPS) is 15.8. The zero-order valence-electron chi connectivity index (χ0n) is 8.13. The van der Waals surface area contributed by atoms with E-state index in [1.54, 1.807) is 0 Å². The minimum Gasteiger partial charge on any atom is -0.378 e. The van der Waals surface area contributed by atoms with E-state index < -0.39 is 5.60 Å². The van der Waals surface area contributed by atoms with Crippen molar-refractivity contribution >= 4 is 5.78 Å². The monoisotopic (exact) mass is 170 g/mol. The highest BCUT2D eigenvalue weighted by Crippen LogP contribution is 2.13. The highest BCUT2D eigenvalue weighted by Gasteiger charge is 2.25. The van der Waals surface area contributed by atoms with E-state index in [-0.39, 0.29) is 5.78 Å². The summed E-state index contributed by atoms with van der Waals surface area (Å²) in [5.74, 6) is 0.348.